The fourth-order valence-corrected chi connectivity index (χ4v) is 2.88. The summed E-state index contributed by atoms with van der Waals surface area (Å²) in [5.41, 5.74) is 1.76. The van der Waals surface area contributed by atoms with E-state index in [2.05, 4.69) is 30.5 Å². The molecule has 0 aliphatic heterocycles. The van der Waals surface area contributed by atoms with Crippen molar-refractivity contribution < 1.29 is 4.39 Å². The van der Waals surface area contributed by atoms with E-state index < -0.39 is 0 Å². The maximum Gasteiger partial charge on any atom is 0.137 e. The van der Waals surface area contributed by atoms with Crippen LogP contribution in [0, 0.1) is 5.82 Å². The molecule has 1 aromatic carbocycles. The number of benzene rings is 1. The van der Waals surface area contributed by atoms with E-state index >= 15 is 0 Å². The molecular formula is C15H16FN5S. The monoisotopic (exact) mass is 317 g/mol. The van der Waals surface area contributed by atoms with Gasteiger partial charge in [-0.2, -0.15) is 0 Å². The Bertz CT molecular complexity index is 786. The van der Waals surface area contributed by atoms with Crippen molar-refractivity contribution in [1.29, 1.82) is 0 Å². The number of nitrogens with one attached hydrogen (secondary N) is 1. The molecule has 0 saturated heterocycles. The molecule has 2 aromatic heterocycles. The van der Waals surface area contributed by atoms with E-state index in [9.17, 15) is 4.39 Å². The minimum absolute atomic E-state index is 0.298. The van der Waals surface area contributed by atoms with Crippen LogP contribution in [0.25, 0.3) is 10.9 Å². The van der Waals surface area contributed by atoms with Crippen molar-refractivity contribution in [2.24, 2.45) is 0 Å². The Hall–Kier alpha value is -2.12. The van der Waals surface area contributed by atoms with Gasteiger partial charge in [0.2, 0.25) is 0 Å². The molecule has 1 N–H and O–H groups in total. The highest BCUT2D eigenvalue weighted by Gasteiger charge is 2.07. The van der Waals surface area contributed by atoms with Crippen molar-refractivity contribution >= 4 is 28.1 Å². The van der Waals surface area contributed by atoms with Gasteiger partial charge in [0.25, 0.3) is 0 Å². The summed E-state index contributed by atoms with van der Waals surface area (Å²) in [5.74, 6) is 0.321. The van der Waals surface area contributed by atoms with Crippen molar-refractivity contribution in [1.82, 2.24) is 19.9 Å². The molecule has 0 atom stereocenters. The predicted octanol–water partition coefficient (Wildman–Crippen LogP) is 2.90. The maximum absolute atomic E-state index is 13.4. The second kappa shape index (κ2) is 6.33. The molecule has 0 saturated carbocycles. The molecular weight excluding hydrogens is 301 g/mol. The number of rotatable bonds is 5. The molecule has 2 heterocycles. The lowest BCUT2D eigenvalue weighted by Gasteiger charge is -2.07. The predicted molar refractivity (Wildman–Crippen MR) is 86.3 cm³/mol. The van der Waals surface area contributed by atoms with E-state index in [0.29, 0.717) is 23.3 Å². The van der Waals surface area contributed by atoms with Gasteiger partial charge in [0.05, 0.1) is 17.8 Å². The van der Waals surface area contributed by atoms with Crippen LogP contribution in [0.2, 0.25) is 0 Å². The molecule has 0 bridgehead atoms. The van der Waals surface area contributed by atoms with Gasteiger partial charge in [-0.25, -0.2) is 19.3 Å². The number of thiazole rings is 1. The van der Waals surface area contributed by atoms with Gasteiger partial charge >= 0.3 is 0 Å². The minimum atomic E-state index is -0.298. The number of fused-ring (bicyclic) bond motifs is 1. The second-order valence-electron chi connectivity index (χ2n) is 5.21. The van der Waals surface area contributed by atoms with E-state index in [-0.39, 0.29) is 5.82 Å². The lowest BCUT2D eigenvalue weighted by Crippen LogP contribution is -2.11. The number of anilines is 1. The van der Waals surface area contributed by atoms with Crippen LogP contribution < -0.4 is 5.32 Å². The largest absolute Gasteiger partial charge is 0.363 e. The third-order valence-electron chi connectivity index (χ3n) is 3.08. The average Bonchev–Trinajstić information content (AvgIpc) is 2.91. The molecule has 0 amide bonds. The Labute approximate surface area is 131 Å². The zero-order chi connectivity index (χ0) is 15.5. The van der Waals surface area contributed by atoms with Crippen molar-refractivity contribution in [2.75, 3.05) is 19.4 Å². The van der Waals surface area contributed by atoms with E-state index in [1.807, 2.05) is 14.1 Å². The third kappa shape index (κ3) is 3.37. The van der Waals surface area contributed by atoms with Gasteiger partial charge in [0, 0.05) is 17.3 Å². The molecule has 0 aliphatic carbocycles. The first-order valence-electron chi connectivity index (χ1n) is 6.84. The molecule has 3 rings (SSSR count). The third-order valence-corrected chi connectivity index (χ3v) is 3.98. The fourth-order valence-electron chi connectivity index (χ4n) is 2.16. The SMILES string of the molecule is CN(C)Cc1csc(CNc2ncnc3ccc(F)cc23)n1. The van der Waals surface area contributed by atoms with Gasteiger partial charge in [0.15, 0.2) is 0 Å². The smallest absolute Gasteiger partial charge is 0.137 e. The van der Waals surface area contributed by atoms with Crippen molar-refractivity contribution in [3.05, 3.63) is 46.4 Å². The van der Waals surface area contributed by atoms with Crippen molar-refractivity contribution in [2.45, 2.75) is 13.1 Å². The Balaban J connectivity index is 1.76. The summed E-state index contributed by atoms with van der Waals surface area (Å²) < 4.78 is 13.4. The van der Waals surface area contributed by atoms with E-state index in [1.165, 1.54) is 18.5 Å². The standard InChI is InChI=1S/C15H16FN5S/c1-21(2)7-11-8-22-14(20-11)6-17-15-12-5-10(16)3-4-13(12)18-9-19-15/h3-5,8-9H,6-7H2,1-2H3,(H,17,18,19). The topological polar surface area (TPSA) is 53.9 Å². The minimum Gasteiger partial charge on any atom is -0.363 e. The Morgan fingerprint density at radius 1 is 1.27 bits per heavy atom. The average molecular weight is 317 g/mol. The fraction of sp³-hybridized carbons (Fsp3) is 0.267. The number of nitrogens with zero attached hydrogens (tertiary/aromatic N) is 4. The summed E-state index contributed by atoms with van der Waals surface area (Å²) in [4.78, 5) is 15.0. The van der Waals surface area contributed by atoms with Crippen LogP contribution in [-0.4, -0.2) is 33.9 Å². The Kier molecular flexibility index (Phi) is 4.26. The molecule has 0 spiro atoms. The molecule has 0 unspecified atom stereocenters. The summed E-state index contributed by atoms with van der Waals surface area (Å²) in [6.07, 6.45) is 1.47. The normalized spacial score (nSPS) is 11.3. The van der Waals surface area contributed by atoms with Gasteiger partial charge in [-0.15, -0.1) is 11.3 Å². The van der Waals surface area contributed by atoms with Gasteiger partial charge in [-0.1, -0.05) is 0 Å². The van der Waals surface area contributed by atoms with Gasteiger partial charge in [-0.3, -0.25) is 0 Å². The number of hydrogen-bond acceptors (Lipinski definition) is 6. The Morgan fingerprint density at radius 3 is 2.95 bits per heavy atom. The van der Waals surface area contributed by atoms with Crippen molar-refractivity contribution in [3.63, 3.8) is 0 Å². The molecule has 0 radical (unpaired) electrons. The lowest BCUT2D eigenvalue weighted by molar-refractivity contribution is 0.397. The highest BCUT2D eigenvalue weighted by Crippen LogP contribution is 2.21. The highest BCUT2D eigenvalue weighted by molar-refractivity contribution is 7.09. The van der Waals surface area contributed by atoms with Crippen LogP contribution in [0.15, 0.2) is 29.9 Å². The molecule has 114 valence electrons. The zero-order valence-corrected chi connectivity index (χ0v) is 13.2. The quantitative estimate of drug-likeness (QED) is 0.784. The van der Waals surface area contributed by atoms with Gasteiger partial charge in [-0.05, 0) is 32.3 Å². The van der Waals surface area contributed by atoms with Crippen LogP contribution in [0.4, 0.5) is 10.2 Å². The summed E-state index contributed by atoms with van der Waals surface area (Å²) in [6, 6.07) is 4.49. The number of hydrogen-bond donors (Lipinski definition) is 1. The maximum atomic E-state index is 13.4. The van der Waals surface area contributed by atoms with E-state index in [4.69, 9.17) is 0 Å². The first kappa shape index (κ1) is 14.8. The molecule has 0 fully saturated rings. The van der Waals surface area contributed by atoms with Crippen LogP contribution in [0.3, 0.4) is 0 Å². The molecule has 3 aromatic rings. The van der Waals surface area contributed by atoms with Gasteiger partial charge in [0.1, 0.15) is 23.0 Å². The van der Waals surface area contributed by atoms with Crippen LogP contribution in [0.5, 0.6) is 0 Å². The first-order chi connectivity index (χ1) is 10.6. The summed E-state index contributed by atoms with van der Waals surface area (Å²) in [7, 11) is 4.03. The second-order valence-corrected chi connectivity index (χ2v) is 6.15. The molecule has 7 heteroatoms. The van der Waals surface area contributed by atoms with Crippen LogP contribution in [-0.2, 0) is 13.1 Å². The number of aromatic nitrogens is 3. The van der Waals surface area contributed by atoms with Gasteiger partial charge < -0.3 is 10.2 Å². The summed E-state index contributed by atoms with van der Waals surface area (Å²) in [6.45, 7) is 1.37. The summed E-state index contributed by atoms with van der Waals surface area (Å²) in [5, 5.41) is 6.91. The highest BCUT2D eigenvalue weighted by atomic mass is 32.1. The molecule has 5 nitrogen and oxygen atoms in total. The van der Waals surface area contributed by atoms with Crippen LogP contribution in [0.1, 0.15) is 10.7 Å². The molecule has 0 aliphatic rings. The molecule has 22 heavy (non-hydrogen) atoms. The van der Waals surface area contributed by atoms with E-state index in [0.717, 1.165) is 17.2 Å². The zero-order valence-electron chi connectivity index (χ0n) is 12.4. The summed E-state index contributed by atoms with van der Waals surface area (Å²) >= 11 is 1.60. The van der Waals surface area contributed by atoms with Crippen LogP contribution >= 0.6 is 11.3 Å². The lowest BCUT2D eigenvalue weighted by atomic mass is 10.2. The van der Waals surface area contributed by atoms with E-state index in [1.54, 1.807) is 17.4 Å². The number of halogens is 1. The first-order valence-corrected chi connectivity index (χ1v) is 7.72. The van der Waals surface area contributed by atoms with Crippen molar-refractivity contribution in [3.8, 4) is 0 Å². The Morgan fingerprint density at radius 2 is 2.14 bits per heavy atom.